The summed E-state index contributed by atoms with van der Waals surface area (Å²) < 4.78 is 16.6. The number of carbonyl (C=O) groups is 1. The maximum atomic E-state index is 12.7. The number of amides is 1. The SMILES string of the molecule is CCOCCOc1ncc(NC(=O)C2(OCC)CCCC2)cc1C. The van der Waals surface area contributed by atoms with E-state index in [9.17, 15) is 4.79 Å². The highest BCUT2D eigenvalue weighted by atomic mass is 16.5. The molecule has 1 aliphatic carbocycles. The molecule has 1 N–H and O–H groups in total. The number of hydrogen-bond acceptors (Lipinski definition) is 5. The van der Waals surface area contributed by atoms with Crippen molar-refractivity contribution in [1.82, 2.24) is 4.98 Å². The predicted octanol–water partition coefficient (Wildman–Crippen LogP) is 3.09. The number of aromatic nitrogens is 1. The summed E-state index contributed by atoms with van der Waals surface area (Å²) in [6.07, 6.45) is 5.22. The highest BCUT2D eigenvalue weighted by Crippen LogP contribution is 2.34. The quantitative estimate of drug-likeness (QED) is 0.702. The molecular weight excluding hydrogens is 308 g/mol. The van der Waals surface area contributed by atoms with E-state index in [1.807, 2.05) is 26.8 Å². The molecule has 1 aromatic rings. The fraction of sp³-hybridized carbons (Fsp3) is 0.667. The zero-order chi connectivity index (χ0) is 17.4. The van der Waals surface area contributed by atoms with Gasteiger partial charge in [0.1, 0.15) is 12.2 Å². The Morgan fingerprint density at radius 2 is 2.00 bits per heavy atom. The summed E-state index contributed by atoms with van der Waals surface area (Å²) in [6, 6.07) is 1.87. The van der Waals surface area contributed by atoms with Crippen LogP contribution in [0.1, 0.15) is 45.1 Å². The minimum absolute atomic E-state index is 0.0759. The van der Waals surface area contributed by atoms with Gasteiger partial charge in [-0.1, -0.05) is 0 Å². The van der Waals surface area contributed by atoms with Gasteiger partial charge in [-0.25, -0.2) is 4.98 Å². The van der Waals surface area contributed by atoms with Crippen molar-refractivity contribution in [3.05, 3.63) is 17.8 Å². The third-order valence-electron chi connectivity index (χ3n) is 4.20. The number of anilines is 1. The average Bonchev–Trinajstić information content (AvgIpc) is 3.03. The van der Waals surface area contributed by atoms with Gasteiger partial charge in [-0.05, 0) is 52.5 Å². The van der Waals surface area contributed by atoms with Crippen molar-refractivity contribution in [3.8, 4) is 5.88 Å². The van der Waals surface area contributed by atoms with Crippen LogP contribution < -0.4 is 10.1 Å². The van der Waals surface area contributed by atoms with Gasteiger partial charge in [0.25, 0.3) is 5.91 Å². The van der Waals surface area contributed by atoms with E-state index in [-0.39, 0.29) is 5.91 Å². The minimum atomic E-state index is -0.685. The van der Waals surface area contributed by atoms with Gasteiger partial charge in [-0.15, -0.1) is 0 Å². The molecule has 1 heterocycles. The Morgan fingerprint density at radius 3 is 2.62 bits per heavy atom. The first-order valence-corrected chi connectivity index (χ1v) is 8.74. The Hall–Kier alpha value is -1.66. The normalized spacial score (nSPS) is 16.1. The number of ether oxygens (including phenoxy) is 3. The Kier molecular flexibility index (Phi) is 6.99. The summed E-state index contributed by atoms with van der Waals surface area (Å²) in [7, 11) is 0. The first kappa shape index (κ1) is 18.7. The molecule has 6 heteroatoms. The zero-order valence-corrected chi connectivity index (χ0v) is 14.9. The Morgan fingerprint density at radius 1 is 1.25 bits per heavy atom. The number of aryl methyl sites for hydroxylation is 1. The van der Waals surface area contributed by atoms with Gasteiger partial charge in [0.15, 0.2) is 0 Å². The summed E-state index contributed by atoms with van der Waals surface area (Å²) in [5, 5.41) is 2.95. The van der Waals surface area contributed by atoms with Crippen molar-refractivity contribution >= 4 is 11.6 Å². The number of hydrogen-bond donors (Lipinski definition) is 1. The zero-order valence-electron chi connectivity index (χ0n) is 14.9. The van der Waals surface area contributed by atoms with Crippen molar-refractivity contribution in [3.63, 3.8) is 0 Å². The van der Waals surface area contributed by atoms with Crippen LogP contribution in [0.15, 0.2) is 12.3 Å². The lowest BCUT2D eigenvalue weighted by molar-refractivity contribution is -0.140. The lowest BCUT2D eigenvalue weighted by Crippen LogP contribution is -2.43. The lowest BCUT2D eigenvalue weighted by atomic mass is 10.0. The van der Waals surface area contributed by atoms with Gasteiger partial charge < -0.3 is 19.5 Å². The van der Waals surface area contributed by atoms with Gasteiger partial charge >= 0.3 is 0 Å². The van der Waals surface area contributed by atoms with Gasteiger partial charge in [0.2, 0.25) is 5.88 Å². The van der Waals surface area contributed by atoms with Crippen LogP contribution in [-0.2, 0) is 14.3 Å². The van der Waals surface area contributed by atoms with E-state index in [0.29, 0.717) is 38.0 Å². The molecule has 1 saturated carbocycles. The molecule has 0 aliphatic heterocycles. The highest BCUT2D eigenvalue weighted by Gasteiger charge is 2.42. The number of pyridine rings is 1. The van der Waals surface area contributed by atoms with Crippen molar-refractivity contribution in [1.29, 1.82) is 0 Å². The maximum Gasteiger partial charge on any atom is 0.256 e. The number of carbonyl (C=O) groups excluding carboxylic acids is 1. The predicted molar refractivity (Wildman–Crippen MR) is 92.4 cm³/mol. The fourth-order valence-corrected chi connectivity index (χ4v) is 3.03. The largest absolute Gasteiger partial charge is 0.475 e. The van der Waals surface area contributed by atoms with Crippen LogP contribution in [-0.4, -0.2) is 42.9 Å². The summed E-state index contributed by atoms with van der Waals surface area (Å²) >= 11 is 0. The van der Waals surface area contributed by atoms with Crippen LogP contribution in [0.2, 0.25) is 0 Å². The molecule has 1 aliphatic rings. The molecule has 0 radical (unpaired) electrons. The summed E-state index contributed by atoms with van der Waals surface area (Å²) in [4.78, 5) is 16.9. The molecule has 24 heavy (non-hydrogen) atoms. The van der Waals surface area contributed by atoms with E-state index in [0.717, 1.165) is 31.2 Å². The molecule has 1 fully saturated rings. The summed E-state index contributed by atoms with van der Waals surface area (Å²) in [6.45, 7) is 7.98. The van der Waals surface area contributed by atoms with Crippen LogP contribution in [0, 0.1) is 6.92 Å². The fourth-order valence-electron chi connectivity index (χ4n) is 3.03. The molecule has 0 atom stereocenters. The third-order valence-corrected chi connectivity index (χ3v) is 4.20. The van der Waals surface area contributed by atoms with E-state index in [4.69, 9.17) is 14.2 Å². The van der Waals surface area contributed by atoms with Gasteiger partial charge in [0, 0.05) is 18.8 Å². The first-order chi connectivity index (χ1) is 11.6. The third kappa shape index (κ3) is 4.68. The number of nitrogens with one attached hydrogen (secondary N) is 1. The van der Waals surface area contributed by atoms with Crippen LogP contribution in [0.25, 0.3) is 0 Å². The molecule has 6 nitrogen and oxygen atoms in total. The summed E-state index contributed by atoms with van der Waals surface area (Å²) in [5.41, 5.74) is 0.858. The summed E-state index contributed by atoms with van der Waals surface area (Å²) in [5.74, 6) is 0.487. The molecule has 1 aromatic heterocycles. The lowest BCUT2D eigenvalue weighted by Gasteiger charge is -2.27. The highest BCUT2D eigenvalue weighted by molar-refractivity contribution is 5.97. The topological polar surface area (TPSA) is 69.7 Å². The average molecular weight is 336 g/mol. The van der Waals surface area contributed by atoms with Crippen LogP contribution in [0.3, 0.4) is 0 Å². The van der Waals surface area contributed by atoms with Gasteiger partial charge in [-0.2, -0.15) is 0 Å². The van der Waals surface area contributed by atoms with Crippen molar-refractivity contribution in [2.24, 2.45) is 0 Å². The molecule has 0 bridgehead atoms. The number of nitrogens with zero attached hydrogens (tertiary/aromatic N) is 1. The molecule has 134 valence electrons. The van der Waals surface area contributed by atoms with Crippen molar-refractivity contribution < 1.29 is 19.0 Å². The van der Waals surface area contributed by atoms with Crippen LogP contribution >= 0.6 is 0 Å². The standard InChI is InChI=1S/C18H28N2O4/c1-4-22-10-11-23-16-14(3)12-15(13-19-16)20-17(21)18(24-5-2)8-6-7-9-18/h12-13H,4-11H2,1-3H3,(H,20,21). The second-order valence-electron chi connectivity index (χ2n) is 5.98. The second-order valence-corrected chi connectivity index (χ2v) is 5.98. The van der Waals surface area contributed by atoms with Crippen LogP contribution in [0.4, 0.5) is 5.69 Å². The molecule has 0 spiro atoms. The molecule has 0 aromatic carbocycles. The van der Waals surface area contributed by atoms with E-state index in [1.54, 1.807) is 6.20 Å². The Bertz CT molecular complexity index is 542. The monoisotopic (exact) mass is 336 g/mol. The maximum absolute atomic E-state index is 12.7. The van der Waals surface area contributed by atoms with Gasteiger partial charge in [0.05, 0.1) is 18.5 Å². The van der Waals surface area contributed by atoms with Crippen LogP contribution in [0.5, 0.6) is 5.88 Å². The van der Waals surface area contributed by atoms with E-state index < -0.39 is 5.60 Å². The van der Waals surface area contributed by atoms with Crippen molar-refractivity contribution in [2.75, 3.05) is 31.7 Å². The van der Waals surface area contributed by atoms with Crippen molar-refractivity contribution in [2.45, 2.75) is 52.1 Å². The van der Waals surface area contributed by atoms with E-state index in [2.05, 4.69) is 10.3 Å². The Balaban J connectivity index is 1.97. The smallest absolute Gasteiger partial charge is 0.256 e. The second kappa shape index (κ2) is 8.99. The molecule has 1 amide bonds. The molecule has 2 rings (SSSR count). The molecule has 0 unspecified atom stereocenters. The van der Waals surface area contributed by atoms with E-state index >= 15 is 0 Å². The van der Waals surface area contributed by atoms with E-state index in [1.165, 1.54) is 0 Å². The van der Waals surface area contributed by atoms with Gasteiger partial charge in [-0.3, -0.25) is 4.79 Å². The Labute approximate surface area is 143 Å². The molecule has 0 saturated heterocycles. The minimum Gasteiger partial charge on any atom is -0.475 e. The first-order valence-electron chi connectivity index (χ1n) is 8.74. The molecular formula is C18H28N2O4. The number of rotatable bonds is 9.